The maximum Gasteiger partial charge on any atom is 0.254 e. The molecule has 1 aromatic heterocycles. The molecule has 5 N–H and O–H groups in total. The van der Waals surface area contributed by atoms with Crippen molar-refractivity contribution in [2.45, 2.75) is 25.8 Å². The molecule has 0 bridgehead atoms. The van der Waals surface area contributed by atoms with Crippen LogP contribution in [0, 0.1) is 0 Å². The average molecular weight is 266 g/mol. The van der Waals surface area contributed by atoms with Crippen molar-refractivity contribution in [2.75, 3.05) is 12.4 Å². The summed E-state index contributed by atoms with van der Waals surface area (Å²) in [7, 11) is 1.38. The molecule has 0 fully saturated rings. The molecule has 0 saturated heterocycles. The molecule has 0 aliphatic carbocycles. The van der Waals surface area contributed by atoms with Gasteiger partial charge in [-0.05, 0) is 19.4 Å². The normalized spacial score (nSPS) is 11.7. The van der Waals surface area contributed by atoms with Gasteiger partial charge in [0.25, 0.3) is 5.91 Å². The van der Waals surface area contributed by atoms with Crippen molar-refractivity contribution >= 4 is 17.5 Å². The lowest BCUT2D eigenvalue weighted by Crippen LogP contribution is -2.20. The molecule has 104 valence electrons. The van der Waals surface area contributed by atoms with Gasteiger partial charge in [-0.2, -0.15) is 0 Å². The van der Waals surface area contributed by atoms with Crippen molar-refractivity contribution < 1.29 is 14.3 Å². The van der Waals surface area contributed by atoms with E-state index in [1.54, 1.807) is 0 Å². The topological polar surface area (TPSA) is 120 Å². The first kappa shape index (κ1) is 14.9. The Balaban J connectivity index is 2.77. The highest BCUT2D eigenvalue weighted by Crippen LogP contribution is 2.18. The van der Waals surface area contributed by atoms with Crippen molar-refractivity contribution in [3.05, 3.63) is 17.8 Å². The molecule has 1 unspecified atom stereocenters. The van der Waals surface area contributed by atoms with Crippen LogP contribution in [0.3, 0.4) is 0 Å². The quantitative estimate of drug-likeness (QED) is 0.681. The molecule has 1 aromatic rings. The lowest BCUT2D eigenvalue weighted by Gasteiger charge is -2.09. The number of nitrogens with zero attached hydrogens (tertiary/aromatic N) is 1. The first-order valence-corrected chi connectivity index (χ1v) is 5.83. The second-order valence-electron chi connectivity index (χ2n) is 4.21. The van der Waals surface area contributed by atoms with Crippen molar-refractivity contribution in [1.29, 1.82) is 0 Å². The van der Waals surface area contributed by atoms with Gasteiger partial charge in [0.05, 0.1) is 19.0 Å². The van der Waals surface area contributed by atoms with Gasteiger partial charge in [0.1, 0.15) is 5.56 Å². The van der Waals surface area contributed by atoms with Crippen molar-refractivity contribution in [3.63, 3.8) is 0 Å². The summed E-state index contributed by atoms with van der Waals surface area (Å²) in [6.45, 7) is 1.83. The molecule has 7 heteroatoms. The molecule has 0 spiro atoms. The van der Waals surface area contributed by atoms with Crippen LogP contribution in [0.5, 0.6) is 5.88 Å². The van der Waals surface area contributed by atoms with Crippen LogP contribution in [-0.2, 0) is 4.79 Å². The SMILES string of the molecule is COc1ncc(NC(=O)CCC(C)N)cc1C(N)=O. The number of primary amides is 1. The zero-order valence-electron chi connectivity index (χ0n) is 11.0. The zero-order chi connectivity index (χ0) is 14.4. The number of carbonyl (C=O) groups is 2. The van der Waals surface area contributed by atoms with E-state index in [-0.39, 0.29) is 23.4 Å². The van der Waals surface area contributed by atoms with E-state index in [0.29, 0.717) is 18.5 Å². The van der Waals surface area contributed by atoms with E-state index in [1.807, 2.05) is 6.92 Å². The molecule has 0 aliphatic heterocycles. The molecular weight excluding hydrogens is 248 g/mol. The number of ether oxygens (including phenoxy) is 1. The van der Waals surface area contributed by atoms with E-state index in [4.69, 9.17) is 16.2 Å². The Morgan fingerprint density at radius 3 is 2.74 bits per heavy atom. The third kappa shape index (κ3) is 4.55. The van der Waals surface area contributed by atoms with Gasteiger partial charge in [-0.3, -0.25) is 9.59 Å². The summed E-state index contributed by atoms with van der Waals surface area (Å²) < 4.78 is 4.90. The van der Waals surface area contributed by atoms with Crippen LogP contribution >= 0.6 is 0 Å². The summed E-state index contributed by atoms with van der Waals surface area (Å²) in [5.74, 6) is -0.739. The number of anilines is 1. The van der Waals surface area contributed by atoms with Gasteiger partial charge in [-0.15, -0.1) is 0 Å². The molecular formula is C12H18N4O3. The van der Waals surface area contributed by atoms with E-state index in [9.17, 15) is 9.59 Å². The van der Waals surface area contributed by atoms with Gasteiger partial charge in [-0.25, -0.2) is 4.98 Å². The molecule has 7 nitrogen and oxygen atoms in total. The van der Waals surface area contributed by atoms with E-state index in [1.165, 1.54) is 19.4 Å². The maximum absolute atomic E-state index is 11.6. The number of aromatic nitrogens is 1. The Morgan fingerprint density at radius 2 is 2.21 bits per heavy atom. The van der Waals surface area contributed by atoms with Crippen LogP contribution in [0.1, 0.15) is 30.1 Å². The van der Waals surface area contributed by atoms with E-state index in [0.717, 1.165) is 0 Å². The Morgan fingerprint density at radius 1 is 1.53 bits per heavy atom. The summed E-state index contributed by atoms with van der Waals surface area (Å²) in [5.41, 5.74) is 11.3. The van der Waals surface area contributed by atoms with E-state index in [2.05, 4.69) is 10.3 Å². The molecule has 19 heavy (non-hydrogen) atoms. The van der Waals surface area contributed by atoms with Crippen molar-refractivity contribution in [3.8, 4) is 5.88 Å². The Kier molecular flexibility index (Phi) is 5.25. The summed E-state index contributed by atoms with van der Waals surface area (Å²) in [6, 6.07) is 1.39. The van der Waals surface area contributed by atoms with Crippen LogP contribution in [-0.4, -0.2) is 29.9 Å². The number of hydrogen-bond acceptors (Lipinski definition) is 5. The fourth-order valence-corrected chi connectivity index (χ4v) is 1.44. The van der Waals surface area contributed by atoms with Crippen LogP contribution < -0.4 is 21.5 Å². The largest absolute Gasteiger partial charge is 0.480 e. The first-order chi connectivity index (χ1) is 8.93. The highest BCUT2D eigenvalue weighted by molar-refractivity contribution is 5.97. The van der Waals surface area contributed by atoms with E-state index < -0.39 is 5.91 Å². The molecule has 0 radical (unpaired) electrons. The molecule has 1 heterocycles. The third-order valence-corrected chi connectivity index (χ3v) is 2.42. The molecule has 2 amide bonds. The van der Waals surface area contributed by atoms with Crippen molar-refractivity contribution in [2.24, 2.45) is 11.5 Å². The van der Waals surface area contributed by atoms with Crippen LogP contribution in [0.2, 0.25) is 0 Å². The average Bonchev–Trinajstić information content (AvgIpc) is 2.36. The predicted molar refractivity (Wildman–Crippen MR) is 70.8 cm³/mol. The highest BCUT2D eigenvalue weighted by Gasteiger charge is 2.12. The Bertz CT molecular complexity index is 474. The minimum Gasteiger partial charge on any atom is -0.480 e. The monoisotopic (exact) mass is 266 g/mol. The molecule has 0 saturated carbocycles. The van der Waals surface area contributed by atoms with Crippen LogP contribution in [0.4, 0.5) is 5.69 Å². The van der Waals surface area contributed by atoms with Gasteiger partial charge in [-0.1, -0.05) is 0 Å². The minimum absolute atomic E-state index is 0.0408. The minimum atomic E-state index is -0.670. The second kappa shape index (κ2) is 6.69. The fraction of sp³-hybridized carbons (Fsp3) is 0.417. The van der Waals surface area contributed by atoms with Crippen LogP contribution in [0.15, 0.2) is 12.3 Å². The number of hydrogen-bond donors (Lipinski definition) is 3. The number of pyridine rings is 1. The third-order valence-electron chi connectivity index (χ3n) is 2.42. The molecule has 0 aromatic carbocycles. The number of methoxy groups -OCH3 is 1. The van der Waals surface area contributed by atoms with Crippen molar-refractivity contribution in [1.82, 2.24) is 4.98 Å². The van der Waals surface area contributed by atoms with Gasteiger partial charge in [0, 0.05) is 12.5 Å². The molecule has 1 atom stereocenters. The number of carbonyl (C=O) groups excluding carboxylic acids is 2. The highest BCUT2D eigenvalue weighted by atomic mass is 16.5. The Labute approximate surface area is 111 Å². The number of rotatable bonds is 6. The predicted octanol–water partition coefficient (Wildman–Crippen LogP) is 0.255. The zero-order valence-corrected chi connectivity index (χ0v) is 11.0. The number of amides is 2. The summed E-state index contributed by atoms with van der Waals surface area (Å²) in [5, 5.41) is 2.62. The second-order valence-corrected chi connectivity index (χ2v) is 4.21. The van der Waals surface area contributed by atoms with Gasteiger partial charge < -0.3 is 21.5 Å². The smallest absolute Gasteiger partial charge is 0.254 e. The molecule has 1 rings (SSSR count). The summed E-state index contributed by atoms with van der Waals surface area (Å²) >= 11 is 0. The Hall–Kier alpha value is -2.15. The van der Waals surface area contributed by atoms with Crippen LogP contribution in [0.25, 0.3) is 0 Å². The number of nitrogens with one attached hydrogen (secondary N) is 1. The fourth-order valence-electron chi connectivity index (χ4n) is 1.44. The van der Waals surface area contributed by atoms with E-state index >= 15 is 0 Å². The van der Waals surface area contributed by atoms with Gasteiger partial charge >= 0.3 is 0 Å². The first-order valence-electron chi connectivity index (χ1n) is 5.83. The summed E-state index contributed by atoms with van der Waals surface area (Å²) in [4.78, 5) is 26.7. The lowest BCUT2D eigenvalue weighted by molar-refractivity contribution is -0.116. The van der Waals surface area contributed by atoms with Gasteiger partial charge in [0.15, 0.2) is 0 Å². The maximum atomic E-state index is 11.6. The number of nitrogens with two attached hydrogens (primary N) is 2. The van der Waals surface area contributed by atoms with Gasteiger partial charge in [0.2, 0.25) is 11.8 Å². The lowest BCUT2D eigenvalue weighted by atomic mass is 10.2. The summed E-state index contributed by atoms with van der Waals surface area (Å²) in [6.07, 6.45) is 2.28. The standard InChI is InChI=1S/C12H18N4O3/c1-7(13)3-4-10(17)16-8-5-9(11(14)18)12(19-2)15-6-8/h5-7H,3-4,13H2,1-2H3,(H2,14,18)(H,16,17). The molecule has 0 aliphatic rings.